The molecule has 2 amide bonds. The molecule has 17 heavy (non-hydrogen) atoms. The smallest absolute Gasteiger partial charge is 0.247 e. The third kappa shape index (κ3) is 2.43. The van der Waals surface area contributed by atoms with Gasteiger partial charge in [0.1, 0.15) is 12.4 Å². The molecule has 0 radical (unpaired) electrons. The van der Waals surface area contributed by atoms with Gasteiger partial charge >= 0.3 is 0 Å². The number of amides is 2. The lowest BCUT2D eigenvalue weighted by Crippen LogP contribution is -2.52. The second-order valence-electron chi connectivity index (χ2n) is 4.18. The van der Waals surface area contributed by atoms with Gasteiger partial charge in [-0.25, -0.2) is 4.98 Å². The molecule has 0 spiro atoms. The standard InChI is InChI=1S/C12H15N3O2/c1-9-3-4-11(13-7-9)15-6-5-14(10(2)16)8-12(15)17/h3-4,7H,5-6,8H2,1-2H3. The van der Waals surface area contributed by atoms with E-state index in [0.29, 0.717) is 18.9 Å². The molecule has 0 bridgehead atoms. The van der Waals surface area contributed by atoms with Crippen LogP contribution in [0.15, 0.2) is 18.3 Å². The van der Waals surface area contributed by atoms with E-state index >= 15 is 0 Å². The van der Waals surface area contributed by atoms with E-state index in [4.69, 9.17) is 0 Å². The Morgan fingerprint density at radius 2 is 2.12 bits per heavy atom. The zero-order valence-electron chi connectivity index (χ0n) is 10.0. The first-order chi connectivity index (χ1) is 8.08. The fraction of sp³-hybridized carbons (Fsp3) is 0.417. The summed E-state index contributed by atoms with van der Waals surface area (Å²) in [6.45, 7) is 4.65. The van der Waals surface area contributed by atoms with E-state index < -0.39 is 0 Å². The molecule has 1 aromatic rings. The van der Waals surface area contributed by atoms with Crippen LogP contribution in [0.25, 0.3) is 0 Å². The van der Waals surface area contributed by atoms with Crippen LogP contribution in [0, 0.1) is 6.92 Å². The van der Waals surface area contributed by atoms with Gasteiger partial charge in [0, 0.05) is 26.2 Å². The first-order valence-corrected chi connectivity index (χ1v) is 5.56. The first-order valence-electron chi connectivity index (χ1n) is 5.56. The number of pyridine rings is 1. The summed E-state index contributed by atoms with van der Waals surface area (Å²) in [5.41, 5.74) is 1.06. The number of carbonyl (C=O) groups excluding carboxylic acids is 2. The Hall–Kier alpha value is -1.91. The van der Waals surface area contributed by atoms with E-state index in [-0.39, 0.29) is 18.4 Å². The maximum atomic E-state index is 11.9. The summed E-state index contributed by atoms with van der Waals surface area (Å²) in [7, 11) is 0. The summed E-state index contributed by atoms with van der Waals surface area (Å²) >= 11 is 0. The molecule has 0 unspecified atom stereocenters. The van der Waals surface area contributed by atoms with Crippen molar-refractivity contribution in [3.63, 3.8) is 0 Å². The number of carbonyl (C=O) groups is 2. The van der Waals surface area contributed by atoms with E-state index in [1.54, 1.807) is 16.0 Å². The molecule has 0 atom stereocenters. The Balaban J connectivity index is 2.12. The fourth-order valence-corrected chi connectivity index (χ4v) is 1.80. The highest BCUT2D eigenvalue weighted by Crippen LogP contribution is 2.14. The molecule has 0 aliphatic carbocycles. The van der Waals surface area contributed by atoms with E-state index in [9.17, 15) is 9.59 Å². The van der Waals surface area contributed by atoms with Gasteiger partial charge < -0.3 is 4.90 Å². The Morgan fingerprint density at radius 1 is 1.35 bits per heavy atom. The van der Waals surface area contributed by atoms with Crippen LogP contribution in [0.3, 0.4) is 0 Å². The third-order valence-electron chi connectivity index (χ3n) is 2.84. The molecule has 1 aliphatic heterocycles. The minimum Gasteiger partial charge on any atom is -0.332 e. The number of hydrogen-bond acceptors (Lipinski definition) is 3. The Labute approximate surface area is 100 Å². The number of aromatic nitrogens is 1. The van der Waals surface area contributed by atoms with Gasteiger partial charge in [0.2, 0.25) is 11.8 Å². The van der Waals surface area contributed by atoms with Crippen LogP contribution in [0.4, 0.5) is 5.82 Å². The zero-order chi connectivity index (χ0) is 12.4. The van der Waals surface area contributed by atoms with Gasteiger partial charge in [-0.05, 0) is 18.6 Å². The summed E-state index contributed by atoms with van der Waals surface area (Å²) in [5.74, 6) is 0.515. The minimum atomic E-state index is -0.0807. The van der Waals surface area contributed by atoms with Gasteiger partial charge in [-0.2, -0.15) is 0 Å². The Bertz CT molecular complexity index is 442. The summed E-state index contributed by atoms with van der Waals surface area (Å²) < 4.78 is 0. The molecule has 1 saturated heterocycles. The van der Waals surface area contributed by atoms with Crippen molar-refractivity contribution in [2.75, 3.05) is 24.5 Å². The van der Waals surface area contributed by atoms with Crippen LogP contribution >= 0.6 is 0 Å². The minimum absolute atomic E-state index is 0.0603. The van der Waals surface area contributed by atoms with Crippen molar-refractivity contribution in [3.8, 4) is 0 Å². The van der Waals surface area contributed by atoms with E-state index in [2.05, 4.69) is 4.98 Å². The van der Waals surface area contributed by atoms with Crippen molar-refractivity contribution in [1.82, 2.24) is 9.88 Å². The van der Waals surface area contributed by atoms with Gasteiger partial charge in [-0.3, -0.25) is 14.5 Å². The van der Waals surface area contributed by atoms with Gasteiger partial charge in [-0.15, -0.1) is 0 Å². The zero-order valence-corrected chi connectivity index (χ0v) is 10.0. The van der Waals surface area contributed by atoms with Crippen molar-refractivity contribution in [2.45, 2.75) is 13.8 Å². The van der Waals surface area contributed by atoms with Crippen molar-refractivity contribution >= 4 is 17.6 Å². The number of hydrogen-bond donors (Lipinski definition) is 0. The number of rotatable bonds is 1. The lowest BCUT2D eigenvalue weighted by Gasteiger charge is -2.33. The molecule has 0 aromatic carbocycles. The van der Waals surface area contributed by atoms with Crippen molar-refractivity contribution in [3.05, 3.63) is 23.9 Å². The predicted molar refractivity (Wildman–Crippen MR) is 63.6 cm³/mol. The first kappa shape index (κ1) is 11.6. The summed E-state index contributed by atoms with van der Waals surface area (Å²) in [4.78, 5) is 30.5. The van der Waals surface area contributed by atoms with Crippen molar-refractivity contribution in [2.24, 2.45) is 0 Å². The van der Waals surface area contributed by atoms with E-state index in [1.165, 1.54) is 6.92 Å². The average Bonchev–Trinajstić information content (AvgIpc) is 2.30. The second kappa shape index (κ2) is 4.53. The molecule has 1 fully saturated rings. The second-order valence-corrected chi connectivity index (χ2v) is 4.18. The van der Waals surface area contributed by atoms with Crippen LogP contribution in [-0.2, 0) is 9.59 Å². The maximum Gasteiger partial charge on any atom is 0.247 e. The highest BCUT2D eigenvalue weighted by molar-refractivity contribution is 5.96. The molecule has 2 rings (SSSR count). The maximum absolute atomic E-state index is 11.9. The van der Waals surface area contributed by atoms with Crippen LogP contribution in [0.5, 0.6) is 0 Å². The highest BCUT2D eigenvalue weighted by Gasteiger charge is 2.26. The molecule has 90 valence electrons. The predicted octanol–water partition coefficient (Wildman–Crippen LogP) is 0.585. The van der Waals surface area contributed by atoms with Crippen LogP contribution in [-0.4, -0.2) is 41.3 Å². The number of piperazine rings is 1. The number of anilines is 1. The molecule has 5 heteroatoms. The molecular formula is C12H15N3O2. The SMILES string of the molecule is CC(=O)N1CCN(c2ccc(C)cn2)C(=O)C1. The third-order valence-corrected chi connectivity index (χ3v) is 2.84. The number of nitrogens with zero attached hydrogens (tertiary/aromatic N) is 3. The largest absolute Gasteiger partial charge is 0.332 e. The normalized spacial score (nSPS) is 16.2. The molecule has 2 heterocycles. The fourth-order valence-electron chi connectivity index (χ4n) is 1.80. The van der Waals surface area contributed by atoms with Gasteiger partial charge in [0.05, 0.1) is 0 Å². The number of aryl methyl sites for hydroxylation is 1. The van der Waals surface area contributed by atoms with Gasteiger partial charge in [0.15, 0.2) is 0 Å². The van der Waals surface area contributed by atoms with Crippen LogP contribution in [0.1, 0.15) is 12.5 Å². The molecule has 0 saturated carbocycles. The summed E-state index contributed by atoms with van der Waals surface area (Å²) in [6, 6.07) is 3.75. The molecule has 5 nitrogen and oxygen atoms in total. The van der Waals surface area contributed by atoms with Crippen molar-refractivity contribution in [1.29, 1.82) is 0 Å². The molecule has 1 aliphatic rings. The van der Waals surface area contributed by atoms with Crippen molar-refractivity contribution < 1.29 is 9.59 Å². The van der Waals surface area contributed by atoms with Crippen LogP contribution in [0.2, 0.25) is 0 Å². The lowest BCUT2D eigenvalue weighted by molar-refractivity contribution is -0.135. The summed E-state index contributed by atoms with van der Waals surface area (Å²) in [5, 5.41) is 0. The summed E-state index contributed by atoms with van der Waals surface area (Å²) in [6.07, 6.45) is 1.74. The monoisotopic (exact) mass is 233 g/mol. The quantitative estimate of drug-likeness (QED) is 0.713. The Kier molecular flexibility index (Phi) is 3.08. The molecule has 1 aromatic heterocycles. The topological polar surface area (TPSA) is 53.5 Å². The van der Waals surface area contributed by atoms with Gasteiger partial charge in [-0.1, -0.05) is 6.07 Å². The Morgan fingerprint density at radius 3 is 2.65 bits per heavy atom. The lowest BCUT2D eigenvalue weighted by atomic mass is 10.2. The van der Waals surface area contributed by atoms with Gasteiger partial charge in [0.25, 0.3) is 0 Å². The molecule has 0 N–H and O–H groups in total. The molecular weight excluding hydrogens is 218 g/mol. The average molecular weight is 233 g/mol. The highest BCUT2D eigenvalue weighted by atomic mass is 16.2. The van der Waals surface area contributed by atoms with Crippen LogP contribution < -0.4 is 4.90 Å². The van der Waals surface area contributed by atoms with E-state index in [0.717, 1.165) is 5.56 Å². The van der Waals surface area contributed by atoms with E-state index in [1.807, 2.05) is 19.1 Å².